The van der Waals surface area contributed by atoms with Gasteiger partial charge in [0, 0.05) is 6.54 Å². The van der Waals surface area contributed by atoms with Crippen LogP contribution in [0.25, 0.3) is 0 Å². The lowest BCUT2D eigenvalue weighted by Gasteiger charge is -2.19. The van der Waals surface area contributed by atoms with Gasteiger partial charge in [-0.1, -0.05) is 0 Å². The van der Waals surface area contributed by atoms with Crippen molar-refractivity contribution in [3.8, 4) is 5.75 Å². The summed E-state index contributed by atoms with van der Waals surface area (Å²) in [5.74, 6) is 0.745. The van der Waals surface area contributed by atoms with Crippen LogP contribution in [-0.4, -0.2) is 23.8 Å². The first-order valence-electron chi connectivity index (χ1n) is 5.43. The SMILES string of the molecule is CC(C)(C)OCCOc1ccc(CN)nc1. The highest BCUT2D eigenvalue weighted by Gasteiger charge is 2.09. The molecule has 0 saturated carbocycles. The average Bonchev–Trinajstić information content (AvgIpc) is 2.24. The van der Waals surface area contributed by atoms with Crippen molar-refractivity contribution in [2.45, 2.75) is 32.9 Å². The molecule has 1 aromatic heterocycles. The molecule has 0 fully saturated rings. The van der Waals surface area contributed by atoms with Gasteiger partial charge in [-0.3, -0.25) is 4.98 Å². The standard InChI is InChI=1S/C12H20N2O2/c1-12(2,3)16-7-6-15-11-5-4-10(8-13)14-9-11/h4-5,9H,6-8,13H2,1-3H3. The monoisotopic (exact) mass is 224 g/mol. The Morgan fingerprint density at radius 1 is 1.25 bits per heavy atom. The lowest BCUT2D eigenvalue weighted by atomic mass is 10.2. The Kier molecular flexibility index (Phi) is 4.71. The summed E-state index contributed by atoms with van der Waals surface area (Å²) in [5, 5.41) is 0. The molecule has 0 radical (unpaired) electrons. The van der Waals surface area contributed by atoms with E-state index in [0.29, 0.717) is 19.8 Å². The van der Waals surface area contributed by atoms with Crippen molar-refractivity contribution in [2.75, 3.05) is 13.2 Å². The van der Waals surface area contributed by atoms with E-state index < -0.39 is 0 Å². The molecule has 0 bridgehead atoms. The van der Waals surface area contributed by atoms with Gasteiger partial charge in [0.25, 0.3) is 0 Å². The van der Waals surface area contributed by atoms with E-state index in [1.54, 1.807) is 6.20 Å². The Bertz CT molecular complexity index is 304. The molecule has 0 aliphatic carbocycles. The molecular weight excluding hydrogens is 204 g/mol. The van der Waals surface area contributed by atoms with Crippen molar-refractivity contribution >= 4 is 0 Å². The van der Waals surface area contributed by atoms with Gasteiger partial charge in [-0.05, 0) is 32.9 Å². The molecule has 2 N–H and O–H groups in total. The van der Waals surface area contributed by atoms with Gasteiger partial charge >= 0.3 is 0 Å². The van der Waals surface area contributed by atoms with Gasteiger partial charge < -0.3 is 15.2 Å². The van der Waals surface area contributed by atoms with Crippen LogP contribution in [0.4, 0.5) is 0 Å². The number of aromatic nitrogens is 1. The lowest BCUT2D eigenvalue weighted by Crippen LogP contribution is -2.22. The minimum atomic E-state index is -0.120. The second-order valence-electron chi connectivity index (χ2n) is 4.50. The van der Waals surface area contributed by atoms with Crippen molar-refractivity contribution in [1.82, 2.24) is 4.98 Å². The number of ether oxygens (including phenoxy) is 2. The maximum Gasteiger partial charge on any atom is 0.137 e. The average molecular weight is 224 g/mol. The number of hydrogen-bond donors (Lipinski definition) is 1. The summed E-state index contributed by atoms with van der Waals surface area (Å²) >= 11 is 0. The summed E-state index contributed by atoms with van der Waals surface area (Å²) in [5.41, 5.74) is 6.19. The maximum absolute atomic E-state index is 5.53. The topological polar surface area (TPSA) is 57.4 Å². The minimum Gasteiger partial charge on any atom is -0.490 e. The van der Waals surface area contributed by atoms with Crippen LogP contribution in [0.1, 0.15) is 26.5 Å². The van der Waals surface area contributed by atoms with Crippen LogP contribution in [-0.2, 0) is 11.3 Å². The van der Waals surface area contributed by atoms with E-state index in [1.165, 1.54) is 0 Å². The van der Waals surface area contributed by atoms with Crippen LogP contribution in [0.5, 0.6) is 5.75 Å². The molecule has 0 aromatic carbocycles. The van der Waals surface area contributed by atoms with Crippen LogP contribution >= 0.6 is 0 Å². The summed E-state index contributed by atoms with van der Waals surface area (Å²) in [7, 11) is 0. The van der Waals surface area contributed by atoms with Crippen LogP contribution < -0.4 is 10.5 Å². The molecule has 0 amide bonds. The maximum atomic E-state index is 5.53. The third kappa shape index (κ3) is 5.09. The van der Waals surface area contributed by atoms with Crippen molar-refractivity contribution < 1.29 is 9.47 Å². The molecule has 0 atom stereocenters. The van der Waals surface area contributed by atoms with Gasteiger partial charge in [0.2, 0.25) is 0 Å². The van der Waals surface area contributed by atoms with Gasteiger partial charge in [0.05, 0.1) is 24.1 Å². The predicted molar refractivity (Wildman–Crippen MR) is 63.3 cm³/mol. The van der Waals surface area contributed by atoms with Gasteiger partial charge in [-0.15, -0.1) is 0 Å². The van der Waals surface area contributed by atoms with Crippen molar-refractivity contribution in [3.05, 3.63) is 24.0 Å². The summed E-state index contributed by atoms with van der Waals surface area (Å²) in [6.45, 7) is 7.61. The van der Waals surface area contributed by atoms with Crippen molar-refractivity contribution in [2.24, 2.45) is 5.73 Å². The molecule has 4 heteroatoms. The quantitative estimate of drug-likeness (QED) is 0.774. The lowest BCUT2D eigenvalue weighted by molar-refractivity contribution is -0.0163. The van der Waals surface area contributed by atoms with E-state index in [9.17, 15) is 0 Å². The Labute approximate surface area is 96.8 Å². The van der Waals surface area contributed by atoms with E-state index in [0.717, 1.165) is 11.4 Å². The molecular formula is C12H20N2O2. The molecule has 1 heterocycles. The fourth-order valence-electron chi connectivity index (χ4n) is 1.12. The molecule has 0 saturated heterocycles. The zero-order valence-corrected chi connectivity index (χ0v) is 10.2. The largest absolute Gasteiger partial charge is 0.490 e. The molecule has 0 spiro atoms. The number of nitrogens with zero attached hydrogens (tertiary/aromatic N) is 1. The van der Waals surface area contributed by atoms with Crippen molar-refractivity contribution in [3.63, 3.8) is 0 Å². The smallest absolute Gasteiger partial charge is 0.137 e. The highest BCUT2D eigenvalue weighted by atomic mass is 16.5. The number of nitrogens with two attached hydrogens (primary N) is 1. The van der Waals surface area contributed by atoms with Crippen molar-refractivity contribution in [1.29, 1.82) is 0 Å². The third-order valence-corrected chi connectivity index (χ3v) is 1.89. The molecule has 1 rings (SSSR count). The second kappa shape index (κ2) is 5.82. The Morgan fingerprint density at radius 2 is 2.00 bits per heavy atom. The van der Waals surface area contributed by atoms with E-state index >= 15 is 0 Å². The molecule has 16 heavy (non-hydrogen) atoms. The molecule has 0 aliphatic rings. The van der Waals surface area contributed by atoms with Gasteiger partial charge in [0.1, 0.15) is 12.4 Å². The van der Waals surface area contributed by atoms with Crippen LogP contribution in [0, 0.1) is 0 Å². The Morgan fingerprint density at radius 3 is 2.50 bits per heavy atom. The number of hydrogen-bond acceptors (Lipinski definition) is 4. The van der Waals surface area contributed by atoms with E-state index in [4.69, 9.17) is 15.2 Å². The predicted octanol–water partition coefficient (Wildman–Crippen LogP) is 1.73. The molecule has 4 nitrogen and oxygen atoms in total. The summed E-state index contributed by atoms with van der Waals surface area (Å²) in [6, 6.07) is 3.73. The Balaban J connectivity index is 2.27. The normalized spacial score (nSPS) is 11.5. The molecule has 90 valence electrons. The fourth-order valence-corrected chi connectivity index (χ4v) is 1.12. The molecule has 0 unspecified atom stereocenters. The van der Waals surface area contributed by atoms with Gasteiger partial charge in [-0.2, -0.15) is 0 Å². The van der Waals surface area contributed by atoms with Crippen LogP contribution in [0.15, 0.2) is 18.3 Å². The number of rotatable bonds is 5. The van der Waals surface area contributed by atoms with E-state index in [1.807, 2.05) is 32.9 Å². The summed E-state index contributed by atoms with van der Waals surface area (Å²) in [4.78, 5) is 4.13. The highest BCUT2D eigenvalue weighted by molar-refractivity contribution is 5.19. The molecule has 1 aromatic rings. The fraction of sp³-hybridized carbons (Fsp3) is 0.583. The minimum absolute atomic E-state index is 0.120. The summed E-state index contributed by atoms with van der Waals surface area (Å²) in [6.07, 6.45) is 1.68. The Hall–Kier alpha value is -1.13. The summed E-state index contributed by atoms with van der Waals surface area (Å²) < 4.78 is 11.0. The first-order valence-corrected chi connectivity index (χ1v) is 5.43. The van der Waals surface area contributed by atoms with E-state index in [-0.39, 0.29) is 5.60 Å². The third-order valence-electron chi connectivity index (χ3n) is 1.89. The number of pyridine rings is 1. The first kappa shape index (κ1) is 12.9. The van der Waals surface area contributed by atoms with E-state index in [2.05, 4.69) is 4.98 Å². The van der Waals surface area contributed by atoms with Gasteiger partial charge in [-0.25, -0.2) is 0 Å². The second-order valence-corrected chi connectivity index (χ2v) is 4.50. The van der Waals surface area contributed by atoms with Crippen LogP contribution in [0.3, 0.4) is 0 Å². The molecule has 0 aliphatic heterocycles. The van der Waals surface area contributed by atoms with Crippen LogP contribution in [0.2, 0.25) is 0 Å². The zero-order valence-electron chi connectivity index (χ0n) is 10.2. The highest BCUT2D eigenvalue weighted by Crippen LogP contribution is 2.10. The zero-order chi connectivity index (χ0) is 12.0. The first-order chi connectivity index (χ1) is 7.51. The van der Waals surface area contributed by atoms with Gasteiger partial charge in [0.15, 0.2) is 0 Å².